The van der Waals surface area contributed by atoms with Gasteiger partial charge in [0.05, 0.1) is 28.0 Å². The molecule has 3 heterocycles. The summed E-state index contributed by atoms with van der Waals surface area (Å²) in [6.07, 6.45) is 1.72. The minimum atomic E-state index is -0.478. The zero-order chi connectivity index (χ0) is 17.0. The minimum Gasteiger partial charge on any atom is -0.338 e. The van der Waals surface area contributed by atoms with Crippen molar-refractivity contribution in [3.05, 3.63) is 62.1 Å². The molecule has 0 aliphatic rings. The smallest absolute Gasteiger partial charge is 0.291 e. The predicted molar refractivity (Wildman–Crippen MR) is 95.6 cm³/mol. The number of aromatic nitrogens is 3. The Balaban J connectivity index is 1.88. The van der Waals surface area contributed by atoms with Crippen LogP contribution in [0.5, 0.6) is 0 Å². The van der Waals surface area contributed by atoms with E-state index in [1.807, 2.05) is 18.5 Å². The fraction of sp³-hybridized carbons (Fsp3) is 0.176. The summed E-state index contributed by atoms with van der Waals surface area (Å²) in [5, 5.41) is 5.19. The summed E-state index contributed by atoms with van der Waals surface area (Å²) < 4.78 is 17.6. The molecule has 1 aromatic carbocycles. The molecule has 122 valence electrons. The molecule has 4 aromatic rings. The highest BCUT2D eigenvalue weighted by atomic mass is 35.5. The maximum absolute atomic E-state index is 13.3. The van der Waals surface area contributed by atoms with Crippen LogP contribution in [0.1, 0.15) is 10.4 Å². The lowest BCUT2D eigenvalue weighted by Gasteiger charge is -2.06. The van der Waals surface area contributed by atoms with Crippen LogP contribution >= 0.6 is 22.9 Å². The van der Waals surface area contributed by atoms with Crippen molar-refractivity contribution in [3.63, 3.8) is 0 Å². The number of fused-ring (bicyclic) bond motifs is 3. The van der Waals surface area contributed by atoms with Crippen molar-refractivity contribution < 1.29 is 4.39 Å². The van der Waals surface area contributed by atoms with Crippen molar-refractivity contribution in [2.24, 2.45) is 7.05 Å². The number of hydrogen-bond donors (Lipinski definition) is 0. The van der Waals surface area contributed by atoms with Gasteiger partial charge in [-0.25, -0.2) is 9.07 Å². The second-order valence-electron chi connectivity index (χ2n) is 5.75. The van der Waals surface area contributed by atoms with Crippen LogP contribution in [0.25, 0.3) is 21.1 Å². The highest BCUT2D eigenvalue weighted by Gasteiger charge is 2.16. The number of benzene rings is 1. The maximum Gasteiger partial charge on any atom is 0.291 e. The lowest BCUT2D eigenvalue weighted by molar-refractivity contribution is 0.620. The van der Waals surface area contributed by atoms with E-state index in [4.69, 9.17) is 11.6 Å². The van der Waals surface area contributed by atoms with Crippen molar-refractivity contribution >= 4 is 44.1 Å². The van der Waals surface area contributed by atoms with Crippen LogP contribution in [0, 0.1) is 12.7 Å². The molecule has 0 radical (unpaired) electrons. The topological polar surface area (TPSA) is 39.8 Å². The van der Waals surface area contributed by atoms with E-state index in [-0.39, 0.29) is 17.1 Å². The van der Waals surface area contributed by atoms with Gasteiger partial charge in [0.15, 0.2) is 0 Å². The summed E-state index contributed by atoms with van der Waals surface area (Å²) >= 11 is 7.46. The standard InChI is InChI=1S/C17H13ClFN3OS/c1-9-5-14-16(24-9)11-7-20-22(17(23)15(11)21(14)2)8-10-3-4-13(19)12(18)6-10/h3-7H,8H2,1-2H3. The van der Waals surface area contributed by atoms with E-state index in [1.165, 1.54) is 21.7 Å². The molecule has 0 saturated heterocycles. The maximum atomic E-state index is 13.3. The van der Waals surface area contributed by atoms with Crippen molar-refractivity contribution in [1.82, 2.24) is 14.3 Å². The third-order valence-electron chi connectivity index (χ3n) is 4.11. The number of aryl methyl sites for hydroxylation is 2. The molecule has 0 aliphatic carbocycles. The Morgan fingerprint density at radius 2 is 2.12 bits per heavy atom. The molecule has 0 aliphatic heterocycles. The Morgan fingerprint density at radius 3 is 2.88 bits per heavy atom. The third kappa shape index (κ3) is 2.25. The van der Waals surface area contributed by atoms with Crippen LogP contribution in [0.3, 0.4) is 0 Å². The van der Waals surface area contributed by atoms with Crippen LogP contribution in [-0.2, 0) is 13.6 Å². The normalized spacial score (nSPS) is 11.7. The number of thiophene rings is 1. The van der Waals surface area contributed by atoms with Crippen molar-refractivity contribution in [2.75, 3.05) is 0 Å². The Hall–Kier alpha value is -2.18. The van der Waals surface area contributed by atoms with Gasteiger partial charge < -0.3 is 4.57 Å². The average Bonchev–Trinajstić information content (AvgIpc) is 3.04. The molecule has 0 N–H and O–H groups in total. The van der Waals surface area contributed by atoms with Crippen LogP contribution in [0.2, 0.25) is 5.02 Å². The van der Waals surface area contributed by atoms with Gasteiger partial charge in [-0.05, 0) is 30.7 Å². The predicted octanol–water partition coefficient (Wildman–Crippen LogP) is 4.10. The van der Waals surface area contributed by atoms with E-state index in [9.17, 15) is 9.18 Å². The van der Waals surface area contributed by atoms with E-state index in [0.29, 0.717) is 5.52 Å². The number of halogens is 2. The van der Waals surface area contributed by atoms with Crippen LogP contribution in [-0.4, -0.2) is 14.3 Å². The molecule has 0 amide bonds. The van der Waals surface area contributed by atoms with Gasteiger partial charge in [-0.3, -0.25) is 4.79 Å². The van der Waals surface area contributed by atoms with Gasteiger partial charge in [0.2, 0.25) is 0 Å². The van der Waals surface area contributed by atoms with Crippen LogP contribution in [0.15, 0.2) is 35.3 Å². The van der Waals surface area contributed by atoms with Crippen molar-refractivity contribution in [3.8, 4) is 0 Å². The molecule has 4 rings (SSSR count). The van der Waals surface area contributed by atoms with Crippen molar-refractivity contribution in [1.29, 1.82) is 0 Å². The first-order valence-electron chi connectivity index (χ1n) is 7.34. The quantitative estimate of drug-likeness (QED) is 0.539. The minimum absolute atomic E-state index is 0.0384. The molecular formula is C17H13ClFN3OS. The zero-order valence-corrected chi connectivity index (χ0v) is 14.6. The Morgan fingerprint density at radius 1 is 1.33 bits per heavy atom. The lowest BCUT2D eigenvalue weighted by atomic mass is 10.2. The zero-order valence-electron chi connectivity index (χ0n) is 13.0. The van der Waals surface area contributed by atoms with Gasteiger partial charge >= 0.3 is 0 Å². The first-order valence-corrected chi connectivity index (χ1v) is 8.53. The molecule has 0 bridgehead atoms. The van der Waals surface area contributed by atoms with E-state index in [2.05, 4.69) is 11.2 Å². The number of nitrogens with zero attached hydrogens (tertiary/aromatic N) is 3. The number of hydrogen-bond acceptors (Lipinski definition) is 3. The van der Waals surface area contributed by atoms with E-state index < -0.39 is 5.82 Å². The molecule has 4 nitrogen and oxygen atoms in total. The molecule has 0 spiro atoms. The molecule has 7 heteroatoms. The van der Waals surface area contributed by atoms with E-state index >= 15 is 0 Å². The first kappa shape index (κ1) is 15.4. The monoisotopic (exact) mass is 361 g/mol. The SMILES string of the molecule is Cc1cc2c(s1)c1cnn(Cc3ccc(F)c(Cl)c3)c(=O)c1n2C. The molecule has 0 unspecified atom stereocenters. The summed E-state index contributed by atoms with van der Waals surface area (Å²) in [4.78, 5) is 14.0. The Bertz CT molecular complexity index is 1160. The molecule has 0 saturated carbocycles. The molecule has 3 aromatic heterocycles. The molecule has 0 atom stereocenters. The van der Waals surface area contributed by atoms with Crippen LogP contribution in [0.4, 0.5) is 4.39 Å². The second kappa shape index (κ2) is 5.43. The second-order valence-corrected chi connectivity index (χ2v) is 7.41. The fourth-order valence-corrected chi connectivity index (χ4v) is 4.21. The van der Waals surface area contributed by atoms with Gasteiger partial charge in [0, 0.05) is 17.3 Å². The van der Waals surface area contributed by atoms with Gasteiger partial charge in [0.25, 0.3) is 5.56 Å². The van der Waals surface area contributed by atoms with Gasteiger partial charge in [-0.1, -0.05) is 17.7 Å². The summed E-state index contributed by atoms with van der Waals surface area (Å²) in [7, 11) is 1.89. The molecule has 24 heavy (non-hydrogen) atoms. The first-order chi connectivity index (χ1) is 11.5. The Kier molecular flexibility index (Phi) is 3.47. The summed E-state index contributed by atoms with van der Waals surface area (Å²) in [6, 6.07) is 6.49. The average molecular weight is 362 g/mol. The molecular weight excluding hydrogens is 349 g/mol. The summed E-state index contributed by atoms with van der Waals surface area (Å²) in [6.45, 7) is 2.29. The van der Waals surface area contributed by atoms with E-state index in [0.717, 1.165) is 21.2 Å². The largest absolute Gasteiger partial charge is 0.338 e. The van der Waals surface area contributed by atoms with Gasteiger partial charge in [0.1, 0.15) is 11.3 Å². The summed E-state index contributed by atoms with van der Waals surface area (Å²) in [5.41, 5.74) is 2.21. The van der Waals surface area contributed by atoms with Gasteiger partial charge in [-0.2, -0.15) is 5.10 Å². The van der Waals surface area contributed by atoms with Crippen molar-refractivity contribution in [2.45, 2.75) is 13.5 Å². The Labute approximate surface area is 145 Å². The van der Waals surface area contributed by atoms with E-state index in [1.54, 1.807) is 23.6 Å². The molecule has 0 fully saturated rings. The highest BCUT2D eigenvalue weighted by Crippen LogP contribution is 2.32. The fourth-order valence-electron chi connectivity index (χ4n) is 2.96. The highest BCUT2D eigenvalue weighted by molar-refractivity contribution is 7.20. The van der Waals surface area contributed by atoms with Gasteiger partial charge in [-0.15, -0.1) is 11.3 Å². The summed E-state index contributed by atoms with van der Waals surface area (Å²) in [5.74, 6) is -0.478. The van der Waals surface area contributed by atoms with Crippen LogP contribution < -0.4 is 5.56 Å². The third-order valence-corrected chi connectivity index (χ3v) is 5.47. The lowest BCUT2D eigenvalue weighted by Crippen LogP contribution is -2.24. The number of rotatable bonds is 2.